The summed E-state index contributed by atoms with van der Waals surface area (Å²) in [6.07, 6.45) is 11.8. The zero-order chi connectivity index (χ0) is 29.1. The smallest absolute Gasteiger partial charge is 0.278 e. The number of allylic oxidation sites excluding steroid dienone is 3. The van der Waals surface area contributed by atoms with Crippen molar-refractivity contribution in [3.05, 3.63) is 71.3 Å². The van der Waals surface area contributed by atoms with Crippen molar-refractivity contribution >= 4 is 45.8 Å². The summed E-state index contributed by atoms with van der Waals surface area (Å²) >= 11 is 0. The molecule has 1 amide bonds. The van der Waals surface area contributed by atoms with E-state index in [1.807, 2.05) is 26.8 Å². The molecule has 11 heteroatoms. The number of H-pyrrole nitrogens is 1. The first kappa shape index (κ1) is 28.0. The van der Waals surface area contributed by atoms with Crippen LogP contribution in [0.1, 0.15) is 45.1 Å². The van der Waals surface area contributed by atoms with Crippen molar-refractivity contribution in [3.63, 3.8) is 0 Å². The minimum absolute atomic E-state index is 0.177. The highest BCUT2D eigenvalue weighted by molar-refractivity contribution is 5.99. The summed E-state index contributed by atoms with van der Waals surface area (Å²) in [6, 6.07) is 6.03. The lowest BCUT2D eigenvalue weighted by Gasteiger charge is -2.28. The fourth-order valence-corrected chi connectivity index (χ4v) is 5.30. The Labute approximate surface area is 238 Å². The van der Waals surface area contributed by atoms with Gasteiger partial charge in [-0.2, -0.15) is 10.1 Å². The van der Waals surface area contributed by atoms with Gasteiger partial charge in [0.2, 0.25) is 12.4 Å². The monoisotopic (exact) mass is 555 g/mol. The number of nitrogens with one attached hydrogen (secondary N) is 2. The number of rotatable bonds is 9. The summed E-state index contributed by atoms with van der Waals surface area (Å²) in [5.41, 5.74) is 3.32. The number of aromatic nitrogens is 5. The quantitative estimate of drug-likeness (QED) is 0.104. The maximum absolute atomic E-state index is 13.3. The van der Waals surface area contributed by atoms with Gasteiger partial charge in [-0.15, -0.1) is 6.58 Å². The van der Waals surface area contributed by atoms with Crippen LogP contribution >= 0.6 is 0 Å². The van der Waals surface area contributed by atoms with E-state index in [-0.39, 0.29) is 18.1 Å². The van der Waals surface area contributed by atoms with Crippen molar-refractivity contribution in [2.45, 2.75) is 52.1 Å². The van der Waals surface area contributed by atoms with E-state index in [4.69, 9.17) is 4.98 Å². The van der Waals surface area contributed by atoms with E-state index in [0.29, 0.717) is 35.1 Å². The number of fused-ring (bicyclic) bond motifs is 2. The van der Waals surface area contributed by atoms with Gasteiger partial charge in [-0.1, -0.05) is 18.2 Å². The van der Waals surface area contributed by atoms with Gasteiger partial charge in [0.25, 0.3) is 5.56 Å². The Kier molecular flexibility index (Phi) is 8.16. The minimum atomic E-state index is -0.278. The summed E-state index contributed by atoms with van der Waals surface area (Å²) in [5.74, 6) is 1.25. The highest BCUT2D eigenvalue weighted by Crippen LogP contribution is 2.34. The number of hydrazone groups is 1. The SMILES string of the molecule is C=CCn1c(=O)c2cnc(Nc3ccc4c(C5CCN(C)CC5)c[nH]c4c3)nc2n1C(/C=C\C)=N/N(C=O)C(C)C. The fraction of sp³-hybridized carbons (Fsp3) is 0.367. The van der Waals surface area contributed by atoms with Crippen LogP contribution in [0.4, 0.5) is 11.6 Å². The molecule has 0 spiro atoms. The van der Waals surface area contributed by atoms with Gasteiger partial charge >= 0.3 is 0 Å². The minimum Gasteiger partial charge on any atom is -0.361 e. The molecule has 0 aliphatic carbocycles. The Bertz CT molecular complexity index is 1680. The molecule has 4 aromatic rings. The van der Waals surface area contributed by atoms with Gasteiger partial charge in [-0.05, 0) is 83.4 Å². The van der Waals surface area contributed by atoms with Crippen LogP contribution in [0.2, 0.25) is 0 Å². The van der Waals surface area contributed by atoms with Gasteiger partial charge in [-0.25, -0.2) is 19.4 Å². The average Bonchev–Trinajstić information content (AvgIpc) is 3.50. The van der Waals surface area contributed by atoms with Crippen molar-refractivity contribution in [1.82, 2.24) is 34.2 Å². The van der Waals surface area contributed by atoms with Gasteiger partial charge in [-0.3, -0.25) is 9.59 Å². The zero-order valence-corrected chi connectivity index (χ0v) is 24.0. The molecule has 1 aliphatic rings. The maximum Gasteiger partial charge on any atom is 0.278 e. The van der Waals surface area contributed by atoms with E-state index in [1.165, 1.54) is 26.8 Å². The molecular weight excluding hydrogens is 518 g/mol. The van der Waals surface area contributed by atoms with E-state index in [9.17, 15) is 9.59 Å². The first-order valence-corrected chi connectivity index (χ1v) is 14.0. The molecule has 1 saturated heterocycles. The number of aromatic amines is 1. The lowest BCUT2D eigenvalue weighted by atomic mass is 9.89. The van der Waals surface area contributed by atoms with Crippen LogP contribution in [0.3, 0.4) is 0 Å². The standard InChI is InChI=1S/C30H37N9O2/c1-6-8-27(35-37(19-40)20(3)4)39-28-25(29(41)38(39)13-7-2)18-32-30(34-28)33-22-9-10-23-24(17-31-26(23)16-22)21-11-14-36(5)15-12-21/h6-10,16-21,31H,2,11-15H2,1,3-5H3,(H,32,33,34)/b8-6-,35-27+. The highest BCUT2D eigenvalue weighted by Gasteiger charge is 2.22. The number of hydrogen-bond donors (Lipinski definition) is 2. The van der Waals surface area contributed by atoms with Crippen LogP contribution in [-0.2, 0) is 11.3 Å². The molecular formula is C30H37N9O2. The van der Waals surface area contributed by atoms with Crippen molar-refractivity contribution in [2.75, 3.05) is 25.5 Å². The summed E-state index contributed by atoms with van der Waals surface area (Å²) in [6.45, 7) is 11.8. The number of nitrogens with zero attached hydrogens (tertiary/aromatic N) is 7. The Morgan fingerprint density at radius 1 is 1.29 bits per heavy atom. The number of likely N-dealkylation sites (tertiary alicyclic amines) is 1. The number of carbonyl (C=O) groups is 1. The van der Waals surface area contributed by atoms with E-state index in [1.54, 1.807) is 22.9 Å². The highest BCUT2D eigenvalue weighted by atomic mass is 16.1. The lowest BCUT2D eigenvalue weighted by molar-refractivity contribution is -0.119. The van der Waals surface area contributed by atoms with Gasteiger partial charge < -0.3 is 15.2 Å². The Morgan fingerprint density at radius 2 is 2.07 bits per heavy atom. The van der Waals surface area contributed by atoms with Gasteiger partial charge in [0.1, 0.15) is 5.39 Å². The van der Waals surface area contributed by atoms with Gasteiger partial charge in [0, 0.05) is 35.0 Å². The molecule has 0 saturated carbocycles. The molecule has 0 bridgehead atoms. The predicted molar refractivity (Wildman–Crippen MR) is 164 cm³/mol. The lowest BCUT2D eigenvalue weighted by Crippen LogP contribution is -2.31. The molecule has 0 unspecified atom stereocenters. The normalized spacial score (nSPS) is 15.4. The average molecular weight is 556 g/mol. The Hall–Kier alpha value is -4.51. The largest absolute Gasteiger partial charge is 0.361 e. The second-order valence-corrected chi connectivity index (χ2v) is 10.7. The molecule has 0 atom stereocenters. The molecule has 41 heavy (non-hydrogen) atoms. The first-order chi connectivity index (χ1) is 19.8. The number of amides is 1. The Morgan fingerprint density at radius 3 is 2.76 bits per heavy atom. The molecule has 0 radical (unpaired) electrons. The third-order valence-corrected chi connectivity index (χ3v) is 7.49. The molecule has 3 aromatic heterocycles. The summed E-state index contributed by atoms with van der Waals surface area (Å²) in [4.78, 5) is 40.0. The second kappa shape index (κ2) is 11.9. The fourth-order valence-electron chi connectivity index (χ4n) is 5.30. The molecule has 1 fully saturated rings. The predicted octanol–water partition coefficient (Wildman–Crippen LogP) is 4.42. The van der Waals surface area contributed by atoms with E-state index in [0.717, 1.165) is 37.1 Å². The molecule has 1 aliphatic heterocycles. The third-order valence-electron chi connectivity index (χ3n) is 7.49. The third kappa shape index (κ3) is 5.58. The van der Waals surface area contributed by atoms with E-state index < -0.39 is 0 Å². The Balaban J connectivity index is 1.53. The maximum atomic E-state index is 13.3. The van der Waals surface area contributed by atoms with Crippen LogP contribution in [0.5, 0.6) is 0 Å². The van der Waals surface area contributed by atoms with E-state index in [2.05, 4.69) is 57.2 Å². The number of carbonyl (C=O) groups excluding carboxylic acids is 1. The van der Waals surface area contributed by atoms with Crippen molar-refractivity contribution in [1.29, 1.82) is 0 Å². The van der Waals surface area contributed by atoms with Crippen molar-refractivity contribution in [2.24, 2.45) is 5.10 Å². The molecule has 2 N–H and O–H groups in total. The molecule has 11 nitrogen and oxygen atoms in total. The molecule has 4 heterocycles. The van der Waals surface area contributed by atoms with Crippen LogP contribution in [0.25, 0.3) is 21.9 Å². The number of hydrogen-bond acceptors (Lipinski definition) is 7. The van der Waals surface area contributed by atoms with Gasteiger partial charge in [0.05, 0.1) is 6.54 Å². The summed E-state index contributed by atoms with van der Waals surface area (Å²) < 4.78 is 3.08. The van der Waals surface area contributed by atoms with Crippen LogP contribution < -0.4 is 10.9 Å². The number of anilines is 2. The van der Waals surface area contributed by atoms with Crippen LogP contribution in [0, 0.1) is 0 Å². The number of piperidine rings is 1. The molecule has 214 valence electrons. The topological polar surface area (TPSA) is 116 Å². The first-order valence-electron chi connectivity index (χ1n) is 14.0. The molecule has 5 rings (SSSR count). The van der Waals surface area contributed by atoms with Crippen molar-refractivity contribution < 1.29 is 4.79 Å². The van der Waals surface area contributed by atoms with Crippen molar-refractivity contribution in [3.8, 4) is 0 Å². The molecule has 1 aromatic carbocycles. The number of benzene rings is 1. The van der Waals surface area contributed by atoms with Crippen LogP contribution in [0.15, 0.2) is 65.3 Å². The van der Waals surface area contributed by atoms with Crippen LogP contribution in [-0.4, -0.2) is 72.6 Å². The summed E-state index contributed by atoms with van der Waals surface area (Å²) in [5, 5.41) is 10.7. The van der Waals surface area contributed by atoms with Gasteiger partial charge in [0.15, 0.2) is 11.5 Å². The van der Waals surface area contributed by atoms with E-state index >= 15 is 0 Å². The zero-order valence-electron chi connectivity index (χ0n) is 24.0. The summed E-state index contributed by atoms with van der Waals surface area (Å²) in [7, 11) is 2.18. The second-order valence-electron chi connectivity index (χ2n) is 10.7.